The van der Waals surface area contributed by atoms with Crippen molar-refractivity contribution in [3.8, 4) is 0 Å². The van der Waals surface area contributed by atoms with E-state index in [1.54, 1.807) is 5.38 Å². The Morgan fingerprint density at radius 2 is 1.80 bits per heavy atom. The molecular formula is C20H29N3O6S. The summed E-state index contributed by atoms with van der Waals surface area (Å²) in [5, 5.41) is 25.9. The van der Waals surface area contributed by atoms with Crippen LogP contribution in [0.4, 0.5) is 4.79 Å². The highest BCUT2D eigenvalue weighted by Gasteiger charge is 2.51. The molecule has 2 bridgehead atoms. The molecule has 1 atom stereocenters. The Morgan fingerprint density at radius 3 is 2.30 bits per heavy atom. The number of carboxylic acid groups (broad SMARTS) is 1. The molecule has 166 valence electrons. The number of rotatable bonds is 6. The zero-order chi connectivity index (χ0) is 22.2. The van der Waals surface area contributed by atoms with Crippen molar-refractivity contribution in [3.63, 3.8) is 0 Å². The summed E-state index contributed by atoms with van der Waals surface area (Å²) >= 11 is 1.40. The molecule has 0 unspecified atom stereocenters. The fourth-order valence-electron chi connectivity index (χ4n) is 4.25. The van der Waals surface area contributed by atoms with Crippen LogP contribution in [0.25, 0.3) is 0 Å². The number of aromatic nitrogens is 1. The number of ether oxygens (including phenoxy) is 1. The van der Waals surface area contributed by atoms with Crippen LogP contribution in [0.15, 0.2) is 5.38 Å². The predicted molar refractivity (Wildman–Crippen MR) is 110 cm³/mol. The third-order valence-electron chi connectivity index (χ3n) is 5.99. The molecule has 0 spiro atoms. The van der Waals surface area contributed by atoms with Gasteiger partial charge >= 0.3 is 12.1 Å². The number of nitrogens with zero attached hydrogens (tertiary/aromatic N) is 1. The first-order valence-electron chi connectivity index (χ1n) is 10.1. The van der Waals surface area contributed by atoms with E-state index in [-0.39, 0.29) is 22.7 Å². The number of nitrogens with one attached hydrogen (secondary N) is 2. The largest absolute Gasteiger partial charge is 0.480 e. The second-order valence-corrected chi connectivity index (χ2v) is 10.1. The van der Waals surface area contributed by atoms with Crippen LogP contribution in [-0.2, 0) is 14.9 Å². The van der Waals surface area contributed by atoms with E-state index in [9.17, 15) is 14.4 Å². The van der Waals surface area contributed by atoms with E-state index in [4.69, 9.17) is 14.9 Å². The van der Waals surface area contributed by atoms with Crippen molar-refractivity contribution in [2.45, 2.75) is 81.9 Å². The normalized spacial score (nSPS) is 26.7. The van der Waals surface area contributed by atoms with Crippen LogP contribution in [0.3, 0.4) is 0 Å². The first-order chi connectivity index (χ1) is 14.0. The molecule has 9 nitrogen and oxygen atoms in total. The summed E-state index contributed by atoms with van der Waals surface area (Å²) in [6, 6.07) is -1.36. The monoisotopic (exact) mass is 439 g/mol. The van der Waals surface area contributed by atoms with E-state index < -0.39 is 30.1 Å². The van der Waals surface area contributed by atoms with Crippen LogP contribution in [0, 0.1) is 0 Å². The lowest BCUT2D eigenvalue weighted by molar-refractivity contribution is -0.140. The molecular weight excluding hydrogens is 410 g/mol. The highest BCUT2D eigenvalue weighted by atomic mass is 32.1. The van der Waals surface area contributed by atoms with Gasteiger partial charge in [-0.25, -0.2) is 14.6 Å². The lowest BCUT2D eigenvalue weighted by atomic mass is 9.57. The molecule has 4 rings (SSSR count). The number of fused-ring (bicyclic) bond motifs is 3. The van der Waals surface area contributed by atoms with Crippen molar-refractivity contribution in [2.24, 2.45) is 0 Å². The van der Waals surface area contributed by atoms with Gasteiger partial charge in [0, 0.05) is 16.3 Å². The van der Waals surface area contributed by atoms with E-state index in [2.05, 4.69) is 15.6 Å². The molecule has 1 aromatic heterocycles. The Morgan fingerprint density at radius 1 is 1.20 bits per heavy atom. The summed E-state index contributed by atoms with van der Waals surface area (Å²) in [5.74, 6) is -1.91. The Kier molecular flexibility index (Phi) is 6.10. The molecule has 3 aliphatic carbocycles. The molecule has 1 heterocycles. The zero-order valence-electron chi connectivity index (χ0n) is 17.5. The summed E-state index contributed by atoms with van der Waals surface area (Å²) < 4.78 is 5.42. The number of aliphatic hydroxyl groups excluding tert-OH is 1. The molecule has 30 heavy (non-hydrogen) atoms. The molecule has 3 fully saturated rings. The average molecular weight is 440 g/mol. The molecule has 2 amide bonds. The number of hydrogen-bond acceptors (Lipinski definition) is 7. The first-order valence-corrected chi connectivity index (χ1v) is 11.0. The highest BCUT2D eigenvalue weighted by Crippen LogP contribution is 2.54. The minimum atomic E-state index is -1.36. The van der Waals surface area contributed by atoms with Gasteiger partial charge in [-0.15, -0.1) is 11.3 Å². The van der Waals surface area contributed by atoms with Gasteiger partial charge in [0.1, 0.15) is 11.3 Å². The second kappa shape index (κ2) is 8.14. The minimum absolute atomic E-state index is 0.121. The number of thiazole rings is 1. The second-order valence-electron chi connectivity index (χ2n) is 9.27. The molecule has 10 heteroatoms. The number of alkyl carbamates (subject to hydrolysis) is 1. The number of carboxylic acids is 1. The van der Waals surface area contributed by atoms with Gasteiger partial charge in [0.25, 0.3) is 5.91 Å². The van der Waals surface area contributed by atoms with Crippen LogP contribution < -0.4 is 10.6 Å². The van der Waals surface area contributed by atoms with Gasteiger partial charge in [0.15, 0.2) is 6.04 Å². The van der Waals surface area contributed by atoms with E-state index >= 15 is 0 Å². The van der Waals surface area contributed by atoms with Crippen molar-refractivity contribution in [1.29, 1.82) is 0 Å². The van der Waals surface area contributed by atoms with Gasteiger partial charge in [-0.1, -0.05) is 0 Å². The fraction of sp³-hybridized carbons (Fsp3) is 0.700. The number of hydrogen-bond donors (Lipinski definition) is 4. The topological polar surface area (TPSA) is 138 Å². The van der Waals surface area contributed by atoms with E-state index in [1.807, 2.05) is 20.8 Å². The average Bonchev–Trinajstić information content (AvgIpc) is 3.16. The predicted octanol–water partition coefficient (Wildman–Crippen LogP) is 2.19. The quantitative estimate of drug-likeness (QED) is 0.533. The minimum Gasteiger partial charge on any atom is -0.480 e. The summed E-state index contributed by atoms with van der Waals surface area (Å²) in [6.07, 6.45) is 4.63. The van der Waals surface area contributed by atoms with E-state index in [0.717, 1.165) is 43.5 Å². The Balaban J connectivity index is 1.64. The summed E-state index contributed by atoms with van der Waals surface area (Å²) in [5.41, 5.74) is -0.749. The van der Waals surface area contributed by atoms with Gasteiger partial charge in [-0.05, 0) is 59.3 Å². The third-order valence-corrected chi connectivity index (χ3v) is 7.08. The van der Waals surface area contributed by atoms with Gasteiger partial charge in [0.2, 0.25) is 0 Å². The van der Waals surface area contributed by atoms with Crippen molar-refractivity contribution in [1.82, 2.24) is 15.6 Å². The van der Waals surface area contributed by atoms with Gasteiger partial charge in [0.05, 0.1) is 11.6 Å². The van der Waals surface area contributed by atoms with E-state index in [0.29, 0.717) is 0 Å². The molecule has 0 radical (unpaired) electrons. The molecule has 0 aliphatic heterocycles. The molecule has 1 aromatic rings. The van der Waals surface area contributed by atoms with Crippen molar-refractivity contribution in [2.75, 3.05) is 6.61 Å². The van der Waals surface area contributed by atoms with Crippen LogP contribution in [-0.4, -0.2) is 57.0 Å². The van der Waals surface area contributed by atoms with Gasteiger partial charge < -0.3 is 25.6 Å². The molecule has 4 N–H and O–H groups in total. The smallest absolute Gasteiger partial charge is 0.408 e. The van der Waals surface area contributed by atoms with E-state index in [1.165, 1.54) is 11.3 Å². The Hall–Kier alpha value is -2.20. The van der Waals surface area contributed by atoms with Crippen LogP contribution >= 0.6 is 11.3 Å². The highest BCUT2D eigenvalue weighted by molar-refractivity contribution is 7.10. The molecule has 0 aromatic carbocycles. The SMILES string of the molecule is CC(C)(C)OC(=O)NC12CCC(c3nc(C(=O)N[C@@H](CO)C(=O)O)cs3)(CC1)CC2. The summed E-state index contributed by atoms with van der Waals surface area (Å²) in [4.78, 5) is 40.1. The van der Waals surface area contributed by atoms with Crippen LogP contribution in [0.2, 0.25) is 0 Å². The molecule has 3 aliphatic rings. The van der Waals surface area contributed by atoms with Crippen molar-refractivity contribution < 1.29 is 29.3 Å². The summed E-state index contributed by atoms with van der Waals surface area (Å²) in [7, 11) is 0. The standard InChI is InChI=1S/C20H29N3O6S/c1-18(2,3)29-17(28)23-20-7-4-19(5-8-20,6-9-20)16-22-13(11-30-16)14(25)21-12(10-24)15(26)27/h11-12,24H,4-10H2,1-3H3,(H,21,25)(H,23,28)(H,26,27)/t12-,19?,20?/m0/s1. The number of carbonyl (C=O) groups excluding carboxylic acids is 2. The number of aliphatic hydroxyl groups is 1. The van der Waals surface area contributed by atoms with Gasteiger partial charge in [-0.3, -0.25) is 4.79 Å². The lowest BCUT2D eigenvalue weighted by Gasteiger charge is -2.52. The fourth-order valence-corrected chi connectivity index (χ4v) is 5.34. The van der Waals surface area contributed by atoms with Gasteiger partial charge in [-0.2, -0.15) is 0 Å². The maximum Gasteiger partial charge on any atom is 0.408 e. The van der Waals surface area contributed by atoms with Crippen LogP contribution in [0.5, 0.6) is 0 Å². The maximum absolute atomic E-state index is 12.3. The lowest BCUT2D eigenvalue weighted by Crippen LogP contribution is -2.58. The third kappa shape index (κ3) is 4.75. The number of carbonyl (C=O) groups is 3. The summed E-state index contributed by atoms with van der Waals surface area (Å²) in [6.45, 7) is 4.83. The molecule has 3 saturated carbocycles. The van der Waals surface area contributed by atoms with Crippen molar-refractivity contribution in [3.05, 3.63) is 16.1 Å². The Bertz CT molecular complexity index is 806. The first kappa shape index (κ1) is 22.5. The Labute approximate surface area is 179 Å². The number of aliphatic carboxylic acids is 1. The van der Waals surface area contributed by atoms with Crippen molar-refractivity contribution >= 4 is 29.3 Å². The zero-order valence-corrected chi connectivity index (χ0v) is 18.3. The van der Waals surface area contributed by atoms with Crippen LogP contribution in [0.1, 0.15) is 74.8 Å². The number of amides is 2. The maximum atomic E-state index is 12.3. The molecule has 0 saturated heterocycles.